The first-order valence-corrected chi connectivity index (χ1v) is 4.23. The molecule has 0 bridgehead atoms. The van der Waals surface area contributed by atoms with Crippen molar-refractivity contribution in [1.29, 1.82) is 0 Å². The zero-order valence-electron chi connectivity index (χ0n) is 6.45. The van der Waals surface area contributed by atoms with Crippen LogP contribution in [0.15, 0.2) is 12.2 Å². The molecule has 2 aliphatic rings. The van der Waals surface area contributed by atoms with E-state index in [4.69, 9.17) is 4.74 Å². The molecule has 2 rings (SSSR count). The van der Waals surface area contributed by atoms with E-state index >= 15 is 0 Å². The lowest BCUT2D eigenvalue weighted by Crippen LogP contribution is -2.45. The predicted octanol–water partition coefficient (Wildman–Crippen LogP) is 1.66. The first-order chi connectivity index (χ1) is 5.38. The van der Waals surface area contributed by atoms with Gasteiger partial charge in [0.05, 0.1) is 5.92 Å². The fraction of sp³-hybridized carbons (Fsp3) is 0.667. The van der Waals surface area contributed by atoms with E-state index < -0.39 is 0 Å². The van der Waals surface area contributed by atoms with E-state index in [1.165, 1.54) is 0 Å². The third-order valence-corrected chi connectivity index (χ3v) is 2.45. The van der Waals surface area contributed by atoms with Crippen LogP contribution < -0.4 is 0 Å². The second-order valence-electron chi connectivity index (χ2n) is 3.21. The van der Waals surface area contributed by atoms with Gasteiger partial charge in [-0.3, -0.25) is 4.79 Å². The van der Waals surface area contributed by atoms with Gasteiger partial charge in [0, 0.05) is 0 Å². The summed E-state index contributed by atoms with van der Waals surface area (Å²) >= 11 is 0. The van der Waals surface area contributed by atoms with E-state index in [0.29, 0.717) is 0 Å². The number of carbonyl (C=O) groups is 1. The smallest absolute Gasteiger partial charge is 0.313 e. The summed E-state index contributed by atoms with van der Waals surface area (Å²) in [6, 6.07) is 0. The summed E-state index contributed by atoms with van der Waals surface area (Å²) in [5.41, 5.74) is 0. The number of fused-ring (bicyclic) bond motifs is 1. The number of hydrogen-bond acceptors (Lipinski definition) is 2. The lowest BCUT2D eigenvalue weighted by atomic mass is 9.87. The van der Waals surface area contributed by atoms with Gasteiger partial charge in [0.1, 0.15) is 6.10 Å². The standard InChI is InChI=1S/C9H12O2/c10-9-7-5-3-1-2-4-6-8(7)11-9/h1-2,7-8H,3-6H2. The van der Waals surface area contributed by atoms with Gasteiger partial charge >= 0.3 is 5.97 Å². The van der Waals surface area contributed by atoms with E-state index in [-0.39, 0.29) is 18.0 Å². The van der Waals surface area contributed by atoms with Crippen LogP contribution in [0.5, 0.6) is 0 Å². The predicted molar refractivity (Wildman–Crippen MR) is 41.0 cm³/mol. The van der Waals surface area contributed by atoms with Gasteiger partial charge in [-0.15, -0.1) is 0 Å². The molecule has 2 unspecified atom stereocenters. The van der Waals surface area contributed by atoms with E-state index in [1.807, 2.05) is 0 Å². The molecule has 0 N–H and O–H groups in total. The number of carbonyl (C=O) groups excluding carboxylic acids is 1. The van der Waals surface area contributed by atoms with Crippen molar-refractivity contribution in [2.75, 3.05) is 0 Å². The maximum Gasteiger partial charge on any atom is 0.313 e. The average molecular weight is 152 g/mol. The van der Waals surface area contributed by atoms with Gasteiger partial charge < -0.3 is 4.74 Å². The van der Waals surface area contributed by atoms with Crippen LogP contribution in [-0.2, 0) is 9.53 Å². The topological polar surface area (TPSA) is 26.3 Å². The highest BCUT2D eigenvalue weighted by molar-refractivity contribution is 5.78. The average Bonchev–Trinajstić information content (AvgIpc) is 1.96. The summed E-state index contributed by atoms with van der Waals surface area (Å²) in [6.45, 7) is 0. The highest BCUT2D eigenvalue weighted by atomic mass is 16.6. The van der Waals surface area contributed by atoms with Crippen molar-refractivity contribution in [1.82, 2.24) is 0 Å². The maximum absolute atomic E-state index is 10.9. The molecule has 0 saturated carbocycles. The molecule has 0 radical (unpaired) electrons. The monoisotopic (exact) mass is 152 g/mol. The van der Waals surface area contributed by atoms with Crippen molar-refractivity contribution >= 4 is 5.97 Å². The minimum absolute atomic E-state index is 0.0188. The molecule has 1 heterocycles. The van der Waals surface area contributed by atoms with E-state index in [0.717, 1.165) is 25.7 Å². The Morgan fingerprint density at radius 2 is 2.00 bits per heavy atom. The van der Waals surface area contributed by atoms with Crippen LogP contribution in [0.1, 0.15) is 25.7 Å². The van der Waals surface area contributed by atoms with Gasteiger partial charge in [0.25, 0.3) is 0 Å². The van der Waals surface area contributed by atoms with Gasteiger partial charge in [-0.25, -0.2) is 0 Å². The van der Waals surface area contributed by atoms with Crippen molar-refractivity contribution in [3.63, 3.8) is 0 Å². The van der Waals surface area contributed by atoms with Crippen molar-refractivity contribution in [3.05, 3.63) is 12.2 Å². The molecule has 0 amide bonds. The zero-order valence-corrected chi connectivity index (χ0v) is 6.45. The van der Waals surface area contributed by atoms with Gasteiger partial charge in [-0.1, -0.05) is 12.2 Å². The first kappa shape index (κ1) is 6.89. The number of rotatable bonds is 0. The lowest BCUT2D eigenvalue weighted by Gasteiger charge is -2.35. The molecule has 2 nitrogen and oxygen atoms in total. The summed E-state index contributed by atoms with van der Waals surface area (Å²) in [5.74, 6) is 0.241. The van der Waals surface area contributed by atoms with Crippen molar-refractivity contribution in [2.24, 2.45) is 5.92 Å². The Morgan fingerprint density at radius 1 is 1.27 bits per heavy atom. The lowest BCUT2D eigenvalue weighted by molar-refractivity contribution is -0.185. The molecule has 1 saturated heterocycles. The second-order valence-corrected chi connectivity index (χ2v) is 3.21. The maximum atomic E-state index is 10.9. The Morgan fingerprint density at radius 3 is 2.73 bits per heavy atom. The van der Waals surface area contributed by atoms with Gasteiger partial charge in [-0.05, 0) is 25.7 Å². The molecule has 1 aliphatic heterocycles. The Bertz CT molecular complexity index is 196. The normalized spacial score (nSPS) is 36.2. The van der Waals surface area contributed by atoms with Crippen LogP contribution in [0.3, 0.4) is 0 Å². The van der Waals surface area contributed by atoms with Gasteiger partial charge in [0.2, 0.25) is 0 Å². The van der Waals surface area contributed by atoms with Crippen molar-refractivity contribution in [3.8, 4) is 0 Å². The van der Waals surface area contributed by atoms with Crippen LogP contribution in [0.2, 0.25) is 0 Å². The van der Waals surface area contributed by atoms with Crippen molar-refractivity contribution < 1.29 is 9.53 Å². The summed E-state index contributed by atoms with van der Waals surface area (Å²) in [5, 5.41) is 0. The molecule has 11 heavy (non-hydrogen) atoms. The third kappa shape index (κ3) is 1.17. The molecule has 2 heteroatoms. The molecule has 60 valence electrons. The zero-order chi connectivity index (χ0) is 7.68. The molecular weight excluding hydrogens is 140 g/mol. The van der Waals surface area contributed by atoms with E-state index in [9.17, 15) is 4.79 Å². The largest absolute Gasteiger partial charge is 0.461 e. The summed E-state index contributed by atoms with van der Waals surface area (Å²) < 4.78 is 5.01. The molecular formula is C9H12O2. The highest BCUT2D eigenvalue weighted by Gasteiger charge is 2.41. The number of allylic oxidation sites excluding steroid dienone is 2. The highest BCUT2D eigenvalue weighted by Crippen LogP contribution is 2.31. The first-order valence-electron chi connectivity index (χ1n) is 4.23. The van der Waals surface area contributed by atoms with Crippen LogP contribution >= 0.6 is 0 Å². The SMILES string of the molecule is O=C1OC2CCC=CCCC12. The molecule has 1 fully saturated rings. The Kier molecular flexibility index (Phi) is 1.68. The van der Waals surface area contributed by atoms with Crippen LogP contribution in [0.4, 0.5) is 0 Å². The summed E-state index contributed by atoms with van der Waals surface area (Å²) in [6.07, 6.45) is 8.70. The van der Waals surface area contributed by atoms with E-state index in [1.54, 1.807) is 0 Å². The fourth-order valence-electron chi connectivity index (χ4n) is 1.73. The van der Waals surface area contributed by atoms with Gasteiger partial charge in [-0.2, -0.15) is 0 Å². The molecule has 0 aromatic heterocycles. The van der Waals surface area contributed by atoms with Crippen LogP contribution in [0.25, 0.3) is 0 Å². The quantitative estimate of drug-likeness (QED) is 0.390. The number of esters is 1. The molecule has 0 aromatic rings. The third-order valence-electron chi connectivity index (χ3n) is 2.45. The minimum Gasteiger partial charge on any atom is -0.461 e. The van der Waals surface area contributed by atoms with E-state index in [2.05, 4.69) is 12.2 Å². The molecule has 1 aliphatic carbocycles. The molecule has 2 atom stereocenters. The molecule has 0 spiro atoms. The second kappa shape index (κ2) is 2.68. The Balaban J connectivity index is 2.00. The summed E-state index contributed by atoms with van der Waals surface area (Å²) in [4.78, 5) is 10.9. The molecule has 0 aromatic carbocycles. The summed E-state index contributed by atoms with van der Waals surface area (Å²) in [7, 11) is 0. The van der Waals surface area contributed by atoms with Crippen molar-refractivity contribution in [2.45, 2.75) is 31.8 Å². The van der Waals surface area contributed by atoms with Gasteiger partial charge in [0.15, 0.2) is 0 Å². The number of ether oxygens (including phenoxy) is 1. The minimum atomic E-state index is 0.0188. The Hall–Kier alpha value is -0.790. The van der Waals surface area contributed by atoms with Crippen LogP contribution in [0, 0.1) is 5.92 Å². The fourth-order valence-corrected chi connectivity index (χ4v) is 1.73. The Labute approximate surface area is 66.2 Å². The number of hydrogen-bond donors (Lipinski definition) is 0. The van der Waals surface area contributed by atoms with Crippen LogP contribution in [-0.4, -0.2) is 12.1 Å².